The summed E-state index contributed by atoms with van der Waals surface area (Å²) in [7, 11) is -0.970. The van der Waals surface area contributed by atoms with Crippen LogP contribution in [0.15, 0.2) is 41.3 Å². The molecular formula is C21H24N2O5S. The van der Waals surface area contributed by atoms with Gasteiger partial charge in [0.05, 0.1) is 19.9 Å². The molecule has 2 aromatic rings. The Morgan fingerprint density at radius 1 is 1.10 bits per heavy atom. The quantitative estimate of drug-likeness (QED) is 0.782. The minimum absolute atomic E-state index is 0.0180. The Morgan fingerprint density at radius 3 is 2.59 bits per heavy atom. The lowest BCUT2D eigenvalue weighted by Gasteiger charge is -2.30. The first-order valence-corrected chi connectivity index (χ1v) is 11.1. The molecule has 29 heavy (non-hydrogen) atoms. The fourth-order valence-corrected chi connectivity index (χ4v) is 4.83. The van der Waals surface area contributed by atoms with Crippen LogP contribution in [0.1, 0.15) is 24.8 Å². The molecule has 1 amide bonds. The average molecular weight is 416 g/mol. The van der Waals surface area contributed by atoms with Crippen LogP contribution in [0.2, 0.25) is 0 Å². The number of methoxy groups -OCH3 is 2. The third kappa shape index (κ3) is 3.89. The zero-order chi connectivity index (χ0) is 20.6. The lowest BCUT2D eigenvalue weighted by molar-refractivity contribution is -0.119. The Hall–Kier alpha value is -2.74. The molecule has 0 atom stereocenters. The third-order valence-corrected chi connectivity index (χ3v) is 6.73. The lowest BCUT2D eigenvalue weighted by atomic mass is 10.0. The molecule has 1 aliphatic carbocycles. The van der Waals surface area contributed by atoms with Crippen molar-refractivity contribution in [3.8, 4) is 11.5 Å². The van der Waals surface area contributed by atoms with Crippen molar-refractivity contribution < 1.29 is 22.7 Å². The molecule has 0 aromatic heterocycles. The summed E-state index contributed by atoms with van der Waals surface area (Å²) < 4.78 is 38.9. The predicted molar refractivity (Wildman–Crippen MR) is 110 cm³/mol. The van der Waals surface area contributed by atoms with Gasteiger partial charge in [-0.2, -0.15) is 0 Å². The SMILES string of the molecule is COc1ccc(S(=O)(=O)Nc2ccc3c(c2)N(C(=O)C2CC2)CCC3)c(OC)c1. The maximum Gasteiger partial charge on any atom is 0.265 e. The highest BCUT2D eigenvalue weighted by molar-refractivity contribution is 7.92. The smallest absolute Gasteiger partial charge is 0.265 e. The van der Waals surface area contributed by atoms with Crippen LogP contribution >= 0.6 is 0 Å². The number of amides is 1. The molecule has 7 nitrogen and oxygen atoms in total. The van der Waals surface area contributed by atoms with E-state index in [2.05, 4.69) is 4.72 Å². The molecule has 1 heterocycles. The van der Waals surface area contributed by atoms with Gasteiger partial charge in [-0.25, -0.2) is 8.42 Å². The van der Waals surface area contributed by atoms with Crippen molar-refractivity contribution in [1.82, 2.24) is 0 Å². The highest BCUT2D eigenvalue weighted by atomic mass is 32.2. The number of carbonyl (C=O) groups excluding carboxylic acids is 1. The maximum absolute atomic E-state index is 13.0. The van der Waals surface area contributed by atoms with Gasteiger partial charge in [0.25, 0.3) is 10.0 Å². The Morgan fingerprint density at radius 2 is 1.90 bits per heavy atom. The number of nitrogens with one attached hydrogen (secondary N) is 1. The summed E-state index contributed by atoms with van der Waals surface area (Å²) in [6, 6.07) is 9.92. The first-order chi connectivity index (χ1) is 13.9. The molecule has 1 saturated carbocycles. The summed E-state index contributed by atoms with van der Waals surface area (Å²) >= 11 is 0. The molecule has 1 N–H and O–H groups in total. The number of fused-ring (bicyclic) bond motifs is 1. The predicted octanol–water partition coefficient (Wildman–Crippen LogP) is 3.19. The monoisotopic (exact) mass is 416 g/mol. The van der Waals surface area contributed by atoms with Gasteiger partial charge in [-0.15, -0.1) is 0 Å². The first kappa shape index (κ1) is 19.6. The standard InChI is InChI=1S/C21H24N2O5S/c1-27-17-9-10-20(19(13-17)28-2)29(25,26)22-16-8-7-14-4-3-11-23(18(14)12-16)21(24)15-5-6-15/h7-10,12-13,15,22H,3-6,11H2,1-2H3. The molecule has 0 spiro atoms. The largest absolute Gasteiger partial charge is 0.497 e. The van der Waals surface area contributed by atoms with Crippen LogP contribution in [-0.4, -0.2) is 35.1 Å². The summed E-state index contributed by atoms with van der Waals surface area (Å²) in [6.45, 7) is 0.671. The van der Waals surface area contributed by atoms with Crippen LogP contribution in [0.3, 0.4) is 0 Å². The zero-order valence-electron chi connectivity index (χ0n) is 16.5. The number of hydrogen-bond acceptors (Lipinski definition) is 5. The number of benzene rings is 2. The number of hydrogen-bond donors (Lipinski definition) is 1. The van der Waals surface area contributed by atoms with Gasteiger partial charge in [-0.1, -0.05) is 6.07 Å². The van der Waals surface area contributed by atoms with Crippen molar-refractivity contribution >= 4 is 27.3 Å². The van der Waals surface area contributed by atoms with E-state index in [4.69, 9.17) is 9.47 Å². The first-order valence-electron chi connectivity index (χ1n) is 9.62. The van der Waals surface area contributed by atoms with E-state index < -0.39 is 10.0 Å². The van der Waals surface area contributed by atoms with Gasteiger partial charge < -0.3 is 14.4 Å². The van der Waals surface area contributed by atoms with Crippen molar-refractivity contribution in [2.75, 3.05) is 30.4 Å². The van der Waals surface area contributed by atoms with Crippen LogP contribution in [0, 0.1) is 5.92 Å². The number of aryl methyl sites for hydroxylation is 1. The number of carbonyl (C=O) groups is 1. The van der Waals surface area contributed by atoms with E-state index in [0.717, 1.165) is 36.9 Å². The molecule has 1 fully saturated rings. The van der Waals surface area contributed by atoms with Gasteiger partial charge in [-0.05, 0) is 55.5 Å². The van der Waals surface area contributed by atoms with Crippen molar-refractivity contribution in [1.29, 1.82) is 0 Å². The van der Waals surface area contributed by atoms with Gasteiger partial charge in [0.1, 0.15) is 16.4 Å². The number of nitrogens with zero attached hydrogens (tertiary/aromatic N) is 1. The molecule has 8 heteroatoms. The molecule has 0 unspecified atom stereocenters. The fraction of sp³-hybridized carbons (Fsp3) is 0.381. The van der Waals surface area contributed by atoms with Crippen LogP contribution in [0.25, 0.3) is 0 Å². The maximum atomic E-state index is 13.0. The highest BCUT2D eigenvalue weighted by Crippen LogP contribution is 2.37. The summed E-state index contributed by atoms with van der Waals surface area (Å²) in [5.41, 5.74) is 2.28. The normalized spacial score (nSPS) is 16.1. The molecule has 0 radical (unpaired) electrons. The Balaban J connectivity index is 1.64. The van der Waals surface area contributed by atoms with Crippen LogP contribution in [0.4, 0.5) is 11.4 Å². The molecule has 1 aliphatic heterocycles. The van der Waals surface area contributed by atoms with Gasteiger partial charge in [0.15, 0.2) is 0 Å². The second-order valence-electron chi connectivity index (χ2n) is 7.33. The van der Waals surface area contributed by atoms with Crippen molar-refractivity contribution in [2.24, 2.45) is 5.92 Å². The number of anilines is 2. The summed E-state index contributed by atoms with van der Waals surface area (Å²) in [5.74, 6) is 0.955. The summed E-state index contributed by atoms with van der Waals surface area (Å²) in [6.07, 6.45) is 3.67. The van der Waals surface area contributed by atoms with Gasteiger partial charge >= 0.3 is 0 Å². The van der Waals surface area contributed by atoms with Gasteiger partial charge in [0, 0.05) is 24.2 Å². The van der Waals surface area contributed by atoms with Crippen molar-refractivity contribution in [3.05, 3.63) is 42.0 Å². The van der Waals surface area contributed by atoms with E-state index in [0.29, 0.717) is 18.0 Å². The number of sulfonamides is 1. The van der Waals surface area contributed by atoms with Crippen molar-refractivity contribution in [2.45, 2.75) is 30.6 Å². The fourth-order valence-electron chi connectivity index (χ4n) is 3.62. The molecule has 4 rings (SSSR count). The van der Waals surface area contributed by atoms with E-state index in [1.54, 1.807) is 18.2 Å². The van der Waals surface area contributed by atoms with Gasteiger partial charge in [0.2, 0.25) is 5.91 Å². The number of ether oxygens (including phenoxy) is 2. The molecular weight excluding hydrogens is 392 g/mol. The second-order valence-corrected chi connectivity index (χ2v) is 8.98. The Labute approximate surface area is 170 Å². The summed E-state index contributed by atoms with van der Waals surface area (Å²) in [5, 5.41) is 0. The molecule has 0 bridgehead atoms. The van der Waals surface area contributed by atoms with Crippen LogP contribution in [-0.2, 0) is 21.2 Å². The minimum Gasteiger partial charge on any atom is -0.497 e. The molecule has 154 valence electrons. The molecule has 0 saturated heterocycles. The van der Waals surface area contributed by atoms with Gasteiger partial charge in [-0.3, -0.25) is 9.52 Å². The summed E-state index contributed by atoms with van der Waals surface area (Å²) in [4.78, 5) is 14.5. The van der Waals surface area contributed by atoms with Crippen LogP contribution < -0.4 is 19.1 Å². The molecule has 2 aromatic carbocycles. The zero-order valence-corrected chi connectivity index (χ0v) is 17.3. The third-order valence-electron chi connectivity index (χ3n) is 5.31. The minimum atomic E-state index is -3.88. The van der Waals surface area contributed by atoms with E-state index in [1.165, 1.54) is 26.4 Å². The van der Waals surface area contributed by atoms with E-state index in [1.807, 2.05) is 11.0 Å². The average Bonchev–Trinajstić information content (AvgIpc) is 3.57. The molecule has 2 aliphatic rings. The number of rotatable bonds is 6. The Kier molecular flexibility index (Phi) is 5.12. The van der Waals surface area contributed by atoms with E-state index in [9.17, 15) is 13.2 Å². The second kappa shape index (κ2) is 7.59. The van der Waals surface area contributed by atoms with Crippen LogP contribution in [0.5, 0.6) is 11.5 Å². The lowest BCUT2D eigenvalue weighted by Crippen LogP contribution is -2.36. The highest BCUT2D eigenvalue weighted by Gasteiger charge is 2.35. The Bertz CT molecular complexity index is 1050. The topological polar surface area (TPSA) is 84.9 Å². The van der Waals surface area contributed by atoms with E-state index >= 15 is 0 Å². The van der Waals surface area contributed by atoms with Crippen molar-refractivity contribution in [3.63, 3.8) is 0 Å². The van der Waals surface area contributed by atoms with E-state index in [-0.39, 0.29) is 22.5 Å².